The summed E-state index contributed by atoms with van der Waals surface area (Å²) in [6.07, 6.45) is 1.54. The number of benzene rings is 2. The number of ether oxygens (including phenoxy) is 2. The lowest BCUT2D eigenvalue weighted by Gasteiger charge is -2.12. The van der Waals surface area contributed by atoms with Gasteiger partial charge in [-0.2, -0.15) is 0 Å². The molecule has 0 spiro atoms. The number of hydrogen-bond acceptors (Lipinski definition) is 5. The van der Waals surface area contributed by atoms with Gasteiger partial charge in [0.05, 0.1) is 31.8 Å². The van der Waals surface area contributed by atoms with E-state index in [9.17, 15) is 9.18 Å². The number of methoxy groups -OCH3 is 2. The first kappa shape index (κ1) is 18.2. The Balaban J connectivity index is 1.70. The standard InChI is InChI=1S/C20H18FN3O3/c1-26-16-8-10-17(19(11-16)27-2)23-15-7-9-18(22-12-15)20(25)24-14-5-3-13(21)4-6-14/h3-12,23H,1-2H3,(H,24,25). The van der Waals surface area contributed by atoms with Crippen LogP contribution in [0.25, 0.3) is 0 Å². The number of halogens is 1. The third-order valence-corrected chi connectivity index (χ3v) is 3.79. The second-order valence-corrected chi connectivity index (χ2v) is 5.58. The smallest absolute Gasteiger partial charge is 0.274 e. The minimum absolute atomic E-state index is 0.242. The highest BCUT2D eigenvalue weighted by Gasteiger charge is 2.09. The molecule has 1 heterocycles. The number of anilines is 3. The fraction of sp³-hybridized carbons (Fsp3) is 0.100. The van der Waals surface area contributed by atoms with Gasteiger partial charge in [0.1, 0.15) is 23.0 Å². The number of carbonyl (C=O) groups excluding carboxylic acids is 1. The van der Waals surface area contributed by atoms with Gasteiger partial charge in [-0.1, -0.05) is 0 Å². The number of aromatic nitrogens is 1. The summed E-state index contributed by atoms with van der Waals surface area (Å²) in [5.41, 5.74) is 2.17. The third-order valence-electron chi connectivity index (χ3n) is 3.79. The largest absolute Gasteiger partial charge is 0.497 e. The number of pyridine rings is 1. The summed E-state index contributed by atoms with van der Waals surface area (Å²) in [4.78, 5) is 16.4. The molecule has 0 atom stereocenters. The van der Waals surface area contributed by atoms with Crippen LogP contribution in [0.15, 0.2) is 60.8 Å². The van der Waals surface area contributed by atoms with Crippen LogP contribution in [-0.4, -0.2) is 25.1 Å². The van der Waals surface area contributed by atoms with E-state index in [0.29, 0.717) is 22.9 Å². The summed E-state index contributed by atoms with van der Waals surface area (Å²) >= 11 is 0. The summed E-state index contributed by atoms with van der Waals surface area (Å²) in [7, 11) is 3.16. The minimum Gasteiger partial charge on any atom is -0.497 e. The lowest BCUT2D eigenvalue weighted by Crippen LogP contribution is -2.13. The molecule has 3 aromatic rings. The molecule has 0 aliphatic carbocycles. The third kappa shape index (κ3) is 4.52. The zero-order chi connectivity index (χ0) is 19.2. The average Bonchev–Trinajstić information content (AvgIpc) is 2.70. The highest BCUT2D eigenvalue weighted by atomic mass is 19.1. The Labute approximate surface area is 156 Å². The van der Waals surface area contributed by atoms with E-state index in [4.69, 9.17) is 9.47 Å². The van der Waals surface area contributed by atoms with E-state index >= 15 is 0 Å². The van der Waals surface area contributed by atoms with Crippen LogP contribution in [0.1, 0.15) is 10.5 Å². The maximum Gasteiger partial charge on any atom is 0.274 e. The Kier molecular flexibility index (Phi) is 5.51. The number of nitrogens with zero attached hydrogens (tertiary/aromatic N) is 1. The highest BCUT2D eigenvalue weighted by molar-refractivity contribution is 6.02. The van der Waals surface area contributed by atoms with Gasteiger partial charge in [-0.15, -0.1) is 0 Å². The van der Waals surface area contributed by atoms with E-state index in [1.165, 1.54) is 24.3 Å². The van der Waals surface area contributed by atoms with Crippen molar-refractivity contribution in [2.45, 2.75) is 0 Å². The molecule has 27 heavy (non-hydrogen) atoms. The fourth-order valence-electron chi connectivity index (χ4n) is 2.39. The molecule has 6 nitrogen and oxygen atoms in total. The zero-order valence-electron chi connectivity index (χ0n) is 14.8. The molecule has 0 radical (unpaired) electrons. The summed E-state index contributed by atoms with van der Waals surface area (Å²) in [6, 6.07) is 14.2. The van der Waals surface area contributed by atoms with Gasteiger partial charge < -0.3 is 20.1 Å². The lowest BCUT2D eigenvalue weighted by atomic mass is 10.2. The number of hydrogen-bond donors (Lipinski definition) is 2. The van der Waals surface area contributed by atoms with Crippen molar-refractivity contribution in [3.05, 3.63) is 72.3 Å². The molecule has 0 aliphatic rings. The number of nitrogens with one attached hydrogen (secondary N) is 2. The van der Waals surface area contributed by atoms with Crippen molar-refractivity contribution in [3.8, 4) is 11.5 Å². The monoisotopic (exact) mass is 367 g/mol. The molecule has 0 aliphatic heterocycles. The SMILES string of the molecule is COc1ccc(Nc2ccc(C(=O)Nc3ccc(F)cc3)nc2)c(OC)c1. The van der Waals surface area contributed by atoms with Crippen molar-refractivity contribution in [2.75, 3.05) is 24.9 Å². The quantitative estimate of drug-likeness (QED) is 0.682. The van der Waals surface area contributed by atoms with Crippen LogP contribution in [0.2, 0.25) is 0 Å². The Morgan fingerprint density at radius 2 is 1.70 bits per heavy atom. The van der Waals surface area contributed by atoms with Gasteiger partial charge in [0.25, 0.3) is 5.91 Å². The van der Waals surface area contributed by atoms with Crippen LogP contribution in [-0.2, 0) is 0 Å². The predicted octanol–water partition coefficient (Wildman–Crippen LogP) is 4.23. The first-order valence-electron chi connectivity index (χ1n) is 8.11. The molecule has 0 unspecified atom stereocenters. The zero-order valence-corrected chi connectivity index (χ0v) is 14.8. The molecule has 3 rings (SSSR count). The Morgan fingerprint density at radius 1 is 0.963 bits per heavy atom. The van der Waals surface area contributed by atoms with Crippen molar-refractivity contribution >= 4 is 23.0 Å². The highest BCUT2D eigenvalue weighted by Crippen LogP contribution is 2.31. The molecular weight excluding hydrogens is 349 g/mol. The second kappa shape index (κ2) is 8.18. The van der Waals surface area contributed by atoms with Gasteiger partial charge in [-0.05, 0) is 48.5 Å². The summed E-state index contributed by atoms with van der Waals surface area (Å²) in [5.74, 6) is 0.557. The first-order chi connectivity index (χ1) is 13.1. The van der Waals surface area contributed by atoms with Crippen LogP contribution in [0, 0.1) is 5.82 Å². The van der Waals surface area contributed by atoms with Crippen LogP contribution < -0.4 is 20.1 Å². The molecule has 1 aromatic heterocycles. The van der Waals surface area contributed by atoms with E-state index in [2.05, 4.69) is 15.6 Å². The molecule has 2 aromatic carbocycles. The Morgan fingerprint density at radius 3 is 2.33 bits per heavy atom. The number of rotatable bonds is 6. The normalized spacial score (nSPS) is 10.2. The van der Waals surface area contributed by atoms with E-state index in [-0.39, 0.29) is 17.4 Å². The maximum absolute atomic E-state index is 12.9. The molecule has 0 bridgehead atoms. The van der Waals surface area contributed by atoms with Crippen LogP contribution >= 0.6 is 0 Å². The molecule has 1 amide bonds. The molecular formula is C20H18FN3O3. The van der Waals surface area contributed by atoms with Crippen molar-refractivity contribution in [1.82, 2.24) is 4.98 Å². The van der Waals surface area contributed by atoms with E-state index in [0.717, 1.165) is 5.69 Å². The average molecular weight is 367 g/mol. The van der Waals surface area contributed by atoms with Crippen LogP contribution in [0.3, 0.4) is 0 Å². The Hall–Kier alpha value is -3.61. The van der Waals surface area contributed by atoms with Gasteiger partial charge in [0, 0.05) is 11.8 Å². The Bertz CT molecular complexity index is 928. The minimum atomic E-state index is -0.379. The van der Waals surface area contributed by atoms with Crippen molar-refractivity contribution in [2.24, 2.45) is 0 Å². The van der Waals surface area contributed by atoms with E-state index in [1.54, 1.807) is 38.6 Å². The molecule has 2 N–H and O–H groups in total. The van der Waals surface area contributed by atoms with Gasteiger partial charge in [0.2, 0.25) is 0 Å². The summed E-state index contributed by atoms with van der Waals surface area (Å²) < 4.78 is 23.4. The maximum atomic E-state index is 12.9. The van der Waals surface area contributed by atoms with Gasteiger partial charge >= 0.3 is 0 Å². The molecule has 0 saturated heterocycles. The van der Waals surface area contributed by atoms with Crippen LogP contribution in [0.4, 0.5) is 21.5 Å². The fourth-order valence-corrected chi connectivity index (χ4v) is 2.39. The molecule has 7 heteroatoms. The second-order valence-electron chi connectivity index (χ2n) is 5.58. The van der Waals surface area contributed by atoms with Gasteiger partial charge in [-0.3, -0.25) is 4.79 Å². The van der Waals surface area contributed by atoms with Crippen molar-refractivity contribution < 1.29 is 18.7 Å². The lowest BCUT2D eigenvalue weighted by molar-refractivity contribution is 0.102. The summed E-state index contributed by atoms with van der Waals surface area (Å²) in [6.45, 7) is 0. The number of amides is 1. The number of carbonyl (C=O) groups is 1. The van der Waals surface area contributed by atoms with Crippen molar-refractivity contribution in [1.29, 1.82) is 0 Å². The van der Waals surface area contributed by atoms with E-state index in [1.807, 2.05) is 12.1 Å². The van der Waals surface area contributed by atoms with E-state index < -0.39 is 0 Å². The summed E-state index contributed by atoms with van der Waals surface area (Å²) in [5, 5.41) is 5.84. The molecule has 0 saturated carbocycles. The van der Waals surface area contributed by atoms with Gasteiger partial charge in [0.15, 0.2) is 0 Å². The predicted molar refractivity (Wildman–Crippen MR) is 101 cm³/mol. The molecule has 138 valence electrons. The van der Waals surface area contributed by atoms with Gasteiger partial charge in [-0.25, -0.2) is 9.37 Å². The van der Waals surface area contributed by atoms with Crippen LogP contribution in [0.5, 0.6) is 11.5 Å². The topological polar surface area (TPSA) is 72.5 Å². The van der Waals surface area contributed by atoms with Crippen molar-refractivity contribution in [3.63, 3.8) is 0 Å². The molecule has 0 fully saturated rings. The first-order valence-corrected chi connectivity index (χ1v) is 8.11.